The van der Waals surface area contributed by atoms with Crippen molar-refractivity contribution in [3.8, 4) is 0 Å². The van der Waals surface area contributed by atoms with Crippen molar-refractivity contribution in [3.05, 3.63) is 35.9 Å². The molecule has 158 valence electrons. The second-order valence-corrected chi connectivity index (χ2v) is 8.80. The summed E-state index contributed by atoms with van der Waals surface area (Å²) in [5.74, 6) is 0.933. The number of amides is 2. The predicted octanol–water partition coefficient (Wildman–Crippen LogP) is 3.37. The van der Waals surface area contributed by atoms with Crippen molar-refractivity contribution in [3.63, 3.8) is 0 Å². The number of rotatable bonds is 8. The minimum absolute atomic E-state index is 0.0546. The molecule has 1 saturated carbocycles. The van der Waals surface area contributed by atoms with Crippen LogP contribution in [0.3, 0.4) is 0 Å². The minimum atomic E-state index is -0.0546. The highest BCUT2D eigenvalue weighted by Crippen LogP contribution is 2.24. The van der Waals surface area contributed by atoms with E-state index in [9.17, 15) is 9.59 Å². The van der Waals surface area contributed by atoms with E-state index in [1.54, 1.807) is 12.1 Å². The number of carbonyl (C=O) groups is 2. The first-order valence-electron chi connectivity index (χ1n) is 10.8. The van der Waals surface area contributed by atoms with E-state index in [0.717, 1.165) is 62.3 Å². The van der Waals surface area contributed by atoms with Gasteiger partial charge >= 0.3 is 0 Å². The molecule has 2 fully saturated rings. The van der Waals surface area contributed by atoms with Gasteiger partial charge in [0.15, 0.2) is 0 Å². The topological polar surface area (TPSA) is 61.4 Å². The molecule has 0 atom stereocenters. The van der Waals surface area contributed by atoms with E-state index in [-0.39, 0.29) is 17.7 Å². The molecule has 0 radical (unpaired) electrons. The number of likely N-dealkylation sites (tertiary alicyclic amines) is 1. The molecular formula is C23H33N3O2S. The highest BCUT2D eigenvalue weighted by atomic mass is 32.1. The van der Waals surface area contributed by atoms with Crippen LogP contribution in [0, 0.1) is 11.8 Å². The highest BCUT2D eigenvalue weighted by molar-refractivity contribution is 7.80. The third-order valence-electron chi connectivity index (χ3n) is 6.15. The normalized spacial score (nSPS) is 18.5. The maximum Gasteiger partial charge on any atom is 0.251 e. The van der Waals surface area contributed by atoms with E-state index in [4.69, 9.17) is 0 Å². The smallest absolute Gasteiger partial charge is 0.251 e. The molecule has 1 heterocycles. The lowest BCUT2D eigenvalue weighted by Crippen LogP contribution is -2.42. The summed E-state index contributed by atoms with van der Waals surface area (Å²) >= 11 is 4.36. The van der Waals surface area contributed by atoms with Gasteiger partial charge in [-0.15, -0.1) is 12.6 Å². The van der Waals surface area contributed by atoms with Crippen molar-refractivity contribution in [2.75, 3.05) is 32.7 Å². The van der Waals surface area contributed by atoms with E-state index in [1.165, 1.54) is 12.8 Å². The van der Waals surface area contributed by atoms with Gasteiger partial charge in [-0.05, 0) is 68.5 Å². The van der Waals surface area contributed by atoms with E-state index in [2.05, 4.69) is 34.7 Å². The molecule has 0 bridgehead atoms. The average molecular weight is 416 g/mol. The van der Waals surface area contributed by atoms with Crippen molar-refractivity contribution in [1.29, 1.82) is 0 Å². The van der Waals surface area contributed by atoms with Gasteiger partial charge in [-0.3, -0.25) is 9.59 Å². The molecule has 0 unspecified atom stereocenters. The van der Waals surface area contributed by atoms with Gasteiger partial charge in [0.05, 0.1) is 0 Å². The van der Waals surface area contributed by atoms with Gasteiger partial charge in [-0.2, -0.15) is 0 Å². The second kappa shape index (κ2) is 10.8. The van der Waals surface area contributed by atoms with Gasteiger partial charge in [0.1, 0.15) is 0 Å². The van der Waals surface area contributed by atoms with Crippen molar-refractivity contribution in [2.45, 2.75) is 43.4 Å². The monoisotopic (exact) mass is 415 g/mol. The first-order chi connectivity index (χ1) is 14.0. The molecule has 1 aromatic carbocycles. The van der Waals surface area contributed by atoms with E-state index in [0.29, 0.717) is 18.0 Å². The highest BCUT2D eigenvalue weighted by Gasteiger charge is 2.23. The molecule has 0 aromatic heterocycles. The van der Waals surface area contributed by atoms with Crippen molar-refractivity contribution >= 4 is 30.5 Å². The largest absolute Gasteiger partial charge is 0.355 e. The van der Waals surface area contributed by atoms with E-state index >= 15 is 0 Å². The van der Waals surface area contributed by atoms with Crippen LogP contribution in [0.4, 0.5) is 0 Å². The van der Waals surface area contributed by atoms with Crippen LogP contribution in [0.5, 0.6) is 0 Å². The number of piperidine rings is 1. The van der Waals surface area contributed by atoms with Gasteiger partial charge in [0, 0.05) is 36.0 Å². The van der Waals surface area contributed by atoms with Gasteiger partial charge in [-0.1, -0.05) is 25.5 Å². The average Bonchev–Trinajstić information content (AvgIpc) is 3.27. The van der Waals surface area contributed by atoms with Crippen LogP contribution in [0.15, 0.2) is 29.7 Å². The van der Waals surface area contributed by atoms with Crippen LogP contribution in [0.25, 0.3) is 6.08 Å². The lowest BCUT2D eigenvalue weighted by molar-refractivity contribution is -0.124. The lowest BCUT2D eigenvalue weighted by Gasteiger charge is -2.32. The number of hydrogen-bond acceptors (Lipinski definition) is 4. The van der Waals surface area contributed by atoms with Crippen molar-refractivity contribution < 1.29 is 9.59 Å². The fourth-order valence-corrected chi connectivity index (χ4v) is 4.59. The lowest BCUT2D eigenvalue weighted by atomic mass is 9.96. The maximum absolute atomic E-state index is 12.5. The summed E-state index contributed by atoms with van der Waals surface area (Å²) in [4.78, 5) is 27.7. The standard InChI is InChI=1S/C23H33N3O2S/c1-2-17-13-20(15-21(29)14-17)23(28)25-16-18-7-10-26(11-8-18)12-9-24-22(27)19-5-3-4-6-19/h2,13-15,18-19,29H,1,3-12,16H2,(H,24,27)(H,25,28). The molecule has 0 spiro atoms. The summed E-state index contributed by atoms with van der Waals surface area (Å²) in [6.45, 7) is 8.15. The third-order valence-corrected chi connectivity index (χ3v) is 6.41. The summed E-state index contributed by atoms with van der Waals surface area (Å²) in [5, 5.41) is 6.17. The molecular weight excluding hydrogens is 382 g/mol. The summed E-state index contributed by atoms with van der Waals surface area (Å²) in [7, 11) is 0. The fraction of sp³-hybridized carbons (Fsp3) is 0.565. The first-order valence-corrected chi connectivity index (χ1v) is 11.2. The van der Waals surface area contributed by atoms with Crippen LogP contribution in [-0.4, -0.2) is 49.4 Å². The van der Waals surface area contributed by atoms with Gasteiger partial charge in [0.2, 0.25) is 5.91 Å². The SMILES string of the molecule is C=Cc1cc(S)cc(C(=O)NCC2CCN(CCNC(=O)C3CCCC3)CC2)c1. The molecule has 2 aliphatic rings. The van der Waals surface area contributed by atoms with Gasteiger partial charge in [-0.25, -0.2) is 0 Å². The van der Waals surface area contributed by atoms with Gasteiger partial charge < -0.3 is 15.5 Å². The maximum atomic E-state index is 12.5. The zero-order chi connectivity index (χ0) is 20.6. The Balaban J connectivity index is 1.33. The number of thiol groups is 1. The van der Waals surface area contributed by atoms with Crippen LogP contribution in [0.1, 0.15) is 54.4 Å². The Kier molecular flexibility index (Phi) is 8.19. The Morgan fingerprint density at radius 1 is 1.10 bits per heavy atom. The fourth-order valence-electron chi connectivity index (χ4n) is 4.31. The van der Waals surface area contributed by atoms with E-state index in [1.807, 2.05) is 12.1 Å². The molecule has 1 saturated heterocycles. The zero-order valence-corrected chi connectivity index (χ0v) is 18.1. The molecule has 5 nitrogen and oxygen atoms in total. The summed E-state index contributed by atoms with van der Waals surface area (Å²) in [5.41, 5.74) is 1.53. The Bertz CT molecular complexity index is 723. The number of nitrogens with one attached hydrogen (secondary N) is 2. The number of hydrogen-bond donors (Lipinski definition) is 3. The van der Waals surface area contributed by atoms with Crippen LogP contribution in [-0.2, 0) is 4.79 Å². The number of nitrogens with zero attached hydrogens (tertiary/aromatic N) is 1. The van der Waals surface area contributed by atoms with Crippen LogP contribution < -0.4 is 10.6 Å². The van der Waals surface area contributed by atoms with Gasteiger partial charge in [0.25, 0.3) is 5.91 Å². The number of benzene rings is 1. The third kappa shape index (κ3) is 6.61. The molecule has 2 amide bonds. The molecule has 1 aliphatic heterocycles. The summed E-state index contributed by atoms with van der Waals surface area (Å²) in [6.07, 6.45) is 8.35. The molecule has 29 heavy (non-hydrogen) atoms. The quantitative estimate of drug-likeness (QED) is 0.571. The molecule has 1 aromatic rings. The molecule has 1 aliphatic carbocycles. The van der Waals surface area contributed by atoms with Crippen molar-refractivity contribution in [2.24, 2.45) is 11.8 Å². The number of carbonyl (C=O) groups excluding carboxylic acids is 2. The molecule has 6 heteroatoms. The van der Waals surface area contributed by atoms with Crippen LogP contribution in [0.2, 0.25) is 0 Å². The predicted molar refractivity (Wildman–Crippen MR) is 120 cm³/mol. The van der Waals surface area contributed by atoms with Crippen LogP contribution >= 0.6 is 12.6 Å². The van der Waals surface area contributed by atoms with E-state index < -0.39 is 0 Å². The molecule has 2 N–H and O–H groups in total. The minimum Gasteiger partial charge on any atom is -0.355 e. The Labute approximate surface area is 179 Å². The Morgan fingerprint density at radius 2 is 1.83 bits per heavy atom. The molecule has 3 rings (SSSR count). The van der Waals surface area contributed by atoms with Crippen molar-refractivity contribution in [1.82, 2.24) is 15.5 Å². The first kappa shape index (κ1) is 21.9. The zero-order valence-electron chi connectivity index (χ0n) is 17.2. The summed E-state index contributed by atoms with van der Waals surface area (Å²) in [6, 6.07) is 5.51. The Hall–Kier alpha value is -1.79. The summed E-state index contributed by atoms with van der Waals surface area (Å²) < 4.78 is 0. The second-order valence-electron chi connectivity index (χ2n) is 8.28. The Morgan fingerprint density at radius 3 is 2.52 bits per heavy atom.